The molecule has 0 radical (unpaired) electrons. The Hall–Kier alpha value is -4.01. The average Bonchev–Trinajstić information content (AvgIpc) is 3.29. The average molecular weight is 420 g/mol. The van der Waals surface area contributed by atoms with Crippen molar-refractivity contribution in [3.8, 4) is 17.1 Å². The van der Waals surface area contributed by atoms with Crippen LogP contribution >= 0.6 is 0 Å². The molecular weight excluding hydrogens is 399 g/mol. The summed E-state index contributed by atoms with van der Waals surface area (Å²) < 4.78 is 23.0. The second-order valence-corrected chi connectivity index (χ2v) is 7.10. The van der Waals surface area contributed by atoms with Crippen LogP contribution in [0.25, 0.3) is 11.4 Å². The van der Waals surface area contributed by atoms with Crippen LogP contribution in [0.2, 0.25) is 0 Å². The van der Waals surface area contributed by atoms with Gasteiger partial charge in [-0.1, -0.05) is 11.3 Å². The van der Waals surface area contributed by atoms with Gasteiger partial charge in [0.05, 0.1) is 24.2 Å². The molecule has 0 bridgehead atoms. The summed E-state index contributed by atoms with van der Waals surface area (Å²) in [5.74, 6) is -0.317. The molecule has 0 unspecified atom stereocenters. The third-order valence-electron chi connectivity index (χ3n) is 4.85. The second kappa shape index (κ2) is 8.02. The lowest BCUT2D eigenvalue weighted by molar-refractivity contribution is 0.102. The fourth-order valence-electron chi connectivity index (χ4n) is 3.35. The molecule has 2 heterocycles. The van der Waals surface area contributed by atoms with Crippen molar-refractivity contribution in [1.29, 1.82) is 0 Å². The number of anilines is 1. The molecule has 2 aromatic heterocycles. The number of rotatable bonds is 5. The third kappa shape index (κ3) is 3.89. The monoisotopic (exact) mass is 420 g/mol. The summed E-state index contributed by atoms with van der Waals surface area (Å²) in [5, 5.41) is 15.0. The number of halogens is 1. The van der Waals surface area contributed by atoms with Crippen LogP contribution in [0, 0.1) is 26.6 Å². The molecule has 0 atom stereocenters. The van der Waals surface area contributed by atoms with Crippen molar-refractivity contribution in [2.24, 2.45) is 0 Å². The lowest BCUT2D eigenvalue weighted by Gasteiger charge is -2.09. The molecule has 9 heteroatoms. The molecule has 0 saturated heterocycles. The first kappa shape index (κ1) is 20.3. The summed E-state index contributed by atoms with van der Waals surface area (Å²) >= 11 is 0. The first-order valence-corrected chi connectivity index (χ1v) is 9.58. The van der Waals surface area contributed by atoms with E-state index in [1.165, 1.54) is 10.7 Å². The molecule has 4 aromatic rings. The fraction of sp³-hybridized carbons (Fsp3) is 0.182. The molecule has 8 nitrogen and oxygen atoms in total. The summed E-state index contributed by atoms with van der Waals surface area (Å²) in [6, 6.07) is 13.6. The van der Waals surface area contributed by atoms with Crippen molar-refractivity contribution in [2.45, 2.75) is 20.8 Å². The first-order valence-electron chi connectivity index (χ1n) is 9.58. The minimum atomic E-state index is -0.499. The van der Waals surface area contributed by atoms with Gasteiger partial charge in [-0.2, -0.15) is 5.10 Å². The van der Waals surface area contributed by atoms with E-state index < -0.39 is 11.7 Å². The number of methoxy groups -OCH3 is 1. The van der Waals surface area contributed by atoms with Gasteiger partial charge in [-0.15, -0.1) is 5.10 Å². The largest absolute Gasteiger partial charge is 0.497 e. The third-order valence-corrected chi connectivity index (χ3v) is 4.85. The van der Waals surface area contributed by atoms with E-state index in [9.17, 15) is 9.18 Å². The van der Waals surface area contributed by atoms with Crippen molar-refractivity contribution in [3.63, 3.8) is 0 Å². The number of benzene rings is 2. The Kier molecular flexibility index (Phi) is 5.24. The van der Waals surface area contributed by atoms with Crippen LogP contribution in [0.4, 0.5) is 10.1 Å². The highest BCUT2D eigenvalue weighted by atomic mass is 19.1. The minimum Gasteiger partial charge on any atom is -0.497 e. The van der Waals surface area contributed by atoms with Gasteiger partial charge in [0.15, 0.2) is 11.5 Å². The van der Waals surface area contributed by atoms with E-state index in [1.807, 2.05) is 38.1 Å². The van der Waals surface area contributed by atoms with Crippen LogP contribution < -0.4 is 10.1 Å². The van der Waals surface area contributed by atoms with Crippen molar-refractivity contribution in [3.05, 3.63) is 77.1 Å². The predicted molar refractivity (Wildman–Crippen MR) is 114 cm³/mol. The van der Waals surface area contributed by atoms with E-state index in [4.69, 9.17) is 4.74 Å². The predicted octanol–water partition coefficient (Wildman–Crippen LogP) is 3.78. The van der Waals surface area contributed by atoms with Crippen LogP contribution in [-0.2, 0) is 0 Å². The van der Waals surface area contributed by atoms with Gasteiger partial charge in [0.1, 0.15) is 11.4 Å². The van der Waals surface area contributed by atoms with E-state index in [1.54, 1.807) is 36.9 Å². The number of hydrogen-bond acceptors (Lipinski definition) is 5. The normalized spacial score (nSPS) is 10.9. The molecule has 0 spiro atoms. The van der Waals surface area contributed by atoms with E-state index in [0.29, 0.717) is 28.5 Å². The highest BCUT2D eigenvalue weighted by Gasteiger charge is 2.19. The number of aryl methyl sites for hydroxylation is 2. The standard InChI is InChI=1S/C22H21FN6O2/c1-13-10-14(2)28(26-13)20-9-8-16(11-19(20)23)24-22(30)21-15(3)29(27-25-21)17-6-5-7-18(12-17)31-4/h5-12H,1-4H3,(H,24,30). The molecule has 0 saturated carbocycles. The molecule has 1 N–H and O–H groups in total. The Bertz CT molecular complexity index is 1280. The van der Waals surface area contributed by atoms with Crippen LogP contribution in [0.1, 0.15) is 27.6 Å². The van der Waals surface area contributed by atoms with Crippen molar-refractivity contribution < 1.29 is 13.9 Å². The van der Waals surface area contributed by atoms with Crippen molar-refractivity contribution >= 4 is 11.6 Å². The van der Waals surface area contributed by atoms with Gasteiger partial charge in [-0.3, -0.25) is 4.79 Å². The number of aromatic nitrogens is 5. The summed E-state index contributed by atoms with van der Waals surface area (Å²) in [5.41, 5.74) is 3.63. The quantitative estimate of drug-likeness (QED) is 0.531. The highest BCUT2D eigenvalue weighted by molar-refractivity contribution is 6.03. The number of amides is 1. The number of carbonyl (C=O) groups is 1. The van der Waals surface area contributed by atoms with E-state index in [0.717, 1.165) is 11.4 Å². The van der Waals surface area contributed by atoms with E-state index in [-0.39, 0.29) is 5.69 Å². The lowest BCUT2D eigenvalue weighted by Crippen LogP contribution is -2.14. The number of ether oxygens (including phenoxy) is 1. The Morgan fingerprint density at radius 1 is 1.06 bits per heavy atom. The molecule has 0 fully saturated rings. The summed E-state index contributed by atoms with van der Waals surface area (Å²) in [6.45, 7) is 5.43. The smallest absolute Gasteiger partial charge is 0.278 e. The molecule has 0 aliphatic rings. The van der Waals surface area contributed by atoms with Gasteiger partial charge in [-0.05, 0) is 57.2 Å². The summed E-state index contributed by atoms with van der Waals surface area (Å²) in [6.07, 6.45) is 0. The van der Waals surface area contributed by atoms with Gasteiger partial charge >= 0.3 is 0 Å². The number of nitrogens with one attached hydrogen (secondary N) is 1. The number of carbonyl (C=O) groups excluding carboxylic acids is 1. The molecule has 0 aliphatic carbocycles. The van der Waals surface area contributed by atoms with Crippen LogP contribution in [-0.4, -0.2) is 37.8 Å². The van der Waals surface area contributed by atoms with Crippen LogP contribution in [0.15, 0.2) is 48.5 Å². The van der Waals surface area contributed by atoms with Gasteiger partial charge in [0, 0.05) is 17.4 Å². The molecular formula is C22H21FN6O2. The fourth-order valence-corrected chi connectivity index (χ4v) is 3.35. The topological polar surface area (TPSA) is 86.9 Å². The van der Waals surface area contributed by atoms with Gasteiger partial charge < -0.3 is 10.1 Å². The Labute approximate surface area is 178 Å². The van der Waals surface area contributed by atoms with Gasteiger partial charge in [0.25, 0.3) is 5.91 Å². The minimum absolute atomic E-state index is 0.144. The SMILES string of the molecule is COc1cccc(-n2nnc(C(=O)Nc3ccc(-n4nc(C)cc4C)c(F)c3)c2C)c1. The zero-order valence-corrected chi connectivity index (χ0v) is 17.5. The maximum atomic E-state index is 14.7. The van der Waals surface area contributed by atoms with E-state index in [2.05, 4.69) is 20.7 Å². The van der Waals surface area contributed by atoms with Gasteiger partial charge in [0.2, 0.25) is 0 Å². The summed E-state index contributed by atoms with van der Waals surface area (Å²) in [4.78, 5) is 12.7. The molecule has 4 rings (SSSR count). The molecule has 1 amide bonds. The van der Waals surface area contributed by atoms with Crippen LogP contribution in [0.5, 0.6) is 5.75 Å². The van der Waals surface area contributed by atoms with Crippen LogP contribution in [0.3, 0.4) is 0 Å². The first-order chi connectivity index (χ1) is 14.9. The maximum absolute atomic E-state index is 14.7. The lowest BCUT2D eigenvalue weighted by atomic mass is 10.2. The number of hydrogen-bond donors (Lipinski definition) is 1. The molecule has 0 aliphatic heterocycles. The molecule has 158 valence electrons. The number of nitrogens with zero attached hydrogens (tertiary/aromatic N) is 5. The Morgan fingerprint density at radius 2 is 1.87 bits per heavy atom. The second-order valence-electron chi connectivity index (χ2n) is 7.10. The Balaban J connectivity index is 1.57. The zero-order valence-electron chi connectivity index (χ0n) is 17.5. The summed E-state index contributed by atoms with van der Waals surface area (Å²) in [7, 11) is 1.57. The highest BCUT2D eigenvalue weighted by Crippen LogP contribution is 2.22. The molecule has 2 aromatic carbocycles. The zero-order chi connectivity index (χ0) is 22.1. The molecule has 31 heavy (non-hydrogen) atoms. The van der Waals surface area contributed by atoms with E-state index >= 15 is 0 Å². The Morgan fingerprint density at radius 3 is 2.55 bits per heavy atom. The van der Waals surface area contributed by atoms with Gasteiger partial charge in [-0.25, -0.2) is 13.8 Å². The maximum Gasteiger partial charge on any atom is 0.278 e. The van der Waals surface area contributed by atoms with Crippen molar-refractivity contribution in [1.82, 2.24) is 24.8 Å². The van der Waals surface area contributed by atoms with Crippen molar-refractivity contribution in [2.75, 3.05) is 12.4 Å².